The van der Waals surface area contributed by atoms with Crippen LogP contribution in [0, 0.1) is 0 Å². The van der Waals surface area contributed by atoms with Gasteiger partial charge in [0.1, 0.15) is 0 Å². The zero-order valence-electron chi connectivity index (χ0n) is 12.6. The topological polar surface area (TPSA) is 60.9 Å². The highest BCUT2D eigenvalue weighted by Gasteiger charge is 2.41. The lowest BCUT2D eigenvalue weighted by molar-refractivity contribution is 0.0319. The van der Waals surface area contributed by atoms with E-state index in [4.69, 9.17) is 0 Å². The van der Waals surface area contributed by atoms with Crippen LogP contribution in [0.15, 0.2) is 0 Å². The van der Waals surface area contributed by atoms with Crippen LogP contribution in [0.2, 0.25) is 0 Å². The Balaban J connectivity index is 1.92. The number of carbonyl (C=O) groups is 1. The van der Waals surface area contributed by atoms with Crippen LogP contribution in [0.25, 0.3) is 0 Å². The zero-order chi connectivity index (χ0) is 15.0. The number of carbonyl (C=O) groups excluding carboxylic acids is 1. The molecular formula is C13H25N3O3S. The Labute approximate surface area is 121 Å². The van der Waals surface area contributed by atoms with Gasteiger partial charge < -0.3 is 14.7 Å². The van der Waals surface area contributed by atoms with Crippen molar-refractivity contribution in [2.75, 3.05) is 52.3 Å². The minimum Gasteiger partial charge on any atom is -0.326 e. The molecule has 20 heavy (non-hydrogen) atoms. The van der Waals surface area contributed by atoms with Gasteiger partial charge in [-0.1, -0.05) is 0 Å². The minimum absolute atomic E-state index is 0.0481. The van der Waals surface area contributed by atoms with Gasteiger partial charge in [0.25, 0.3) is 0 Å². The van der Waals surface area contributed by atoms with E-state index < -0.39 is 9.84 Å². The maximum atomic E-state index is 12.4. The molecule has 6 nitrogen and oxygen atoms in total. The molecule has 1 saturated carbocycles. The van der Waals surface area contributed by atoms with E-state index in [9.17, 15) is 13.2 Å². The fourth-order valence-electron chi connectivity index (χ4n) is 2.99. The predicted octanol–water partition coefficient (Wildman–Crippen LogP) is 0.253. The Hall–Kier alpha value is -0.820. The van der Waals surface area contributed by atoms with Gasteiger partial charge in [0.15, 0.2) is 9.84 Å². The second kappa shape index (κ2) is 5.52. The summed E-state index contributed by atoms with van der Waals surface area (Å²) in [5, 5.41) is 0. The lowest BCUT2D eigenvalue weighted by atomic mass is 9.75. The van der Waals surface area contributed by atoms with Crippen molar-refractivity contribution in [3.63, 3.8) is 0 Å². The number of rotatable bonds is 3. The van der Waals surface area contributed by atoms with Gasteiger partial charge in [0, 0.05) is 32.2 Å². The van der Waals surface area contributed by atoms with Gasteiger partial charge in [0.2, 0.25) is 0 Å². The molecule has 0 aromatic heterocycles. The van der Waals surface area contributed by atoms with Crippen LogP contribution in [0.5, 0.6) is 0 Å². The average Bonchev–Trinajstić information content (AvgIpc) is 2.32. The molecule has 1 aliphatic heterocycles. The number of hydrogen-bond acceptors (Lipinski definition) is 4. The van der Waals surface area contributed by atoms with Gasteiger partial charge in [-0.2, -0.15) is 0 Å². The smallest absolute Gasteiger partial charge is 0.319 e. The summed E-state index contributed by atoms with van der Waals surface area (Å²) in [5.41, 5.74) is 0.103. The van der Waals surface area contributed by atoms with Crippen LogP contribution < -0.4 is 0 Å². The van der Waals surface area contributed by atoms with Crippen molar-refractivity contribution in [3.05, 3.63) is 0 Å². The van der Waals surface area contributed by atoms with E-state index in [-0.39, 0.29) is 23.1 Å². The largest absolute Gasteiger partial charge is 0.326 e. The molecule has 2 amide bonds. The Morgan fingerprint density at radius 2 is 1.70 bits per heavy atom. The van der Waals surface area contributed by atoms with E-state index in [0.717, 1.165) is 12.8 Å². The Morgan fingerprint density at radius 3 is 2.10 bits per heavy atom. The third kappa shape index (κ3) is 3.09. The van der Waals surface area contributed by atoms with E-state index in [2.05, 4.69) is 19.0 Å². The molecule has 0 spiro atoms. The Bertz CT molecular complexity index is 457. The highest BCUT2D eigenvalue weighted by molar-refractivity contribution is 7.91. The van der Waals surface area contributed by atoms with Crippen LogP contribution in [-0.2, 0) is 9.84 Å². The maximum Gasteiger partial charge on any atom is 0.319 e. The average molecular weight is 303 g/mol. The number of nitrogens with zero attached hydrogens (tertiary/aromatic N) is 3. The maximum absolute atomic E-state index is 12.4. The molecule has 1 aliphatic carbocycles. The molecule has 0 N–H and O–H groups in total. The monoisotopic (exact) mass is 303 g/mol. The molecule has 116 valence electrons. The first-order chi connectivity index (χ1) is 9.26. The van der Waals surface area contributed by atoms with E-state index in [1.165, 1.54) is 6.42 Å². The quantitative estimate of drug-likeness (QED) is 0.750. The van der Waals surface area contributed by atoms with Gasteiger partial charge in [-0.25, -0.2) is 13.2 Å². The first-order valence-electron chi connectivity index (χ1n) is 7.14. The van der Waals surface area contributed by atoms with Crippen molar-refractivity contribution in [2.24, 2.45) is 0 Å². The second-order valence-corrected chi connectivity index (χ2v) is 8.55. The number of likely N-dealkylation sites (N-methyl/N-ethyl adjacent to an activating group) is 2. The van der Waals surface area contributed by atoms with Gasteiger partial charge in [-0.05, 0) is 33.4 Å². The van der Waals surface area contributed by atoms with Crippen molar-refractivity contribution in [3.8, 4) is 0 Å². The summed E-state index contributed by atoms with van der Waals surface area (Å²) in [5.74, 6) is 0.177. The normalized spacial score (nSPS) is 24.3. The molecule has 0 aromatic carbocycles. The van der Waals surface area contributed by atoms with Gasteiger partial charge >= 0.3 is 6.03 Å². The minimum atomic E-state index is -2.94. The number of hydrogen-bond donors (Lipinski definition) is 0. The molecule has 2 fully saturated rings. The van der Waals surface area contributed by atoms with Crippen LogP contribution in [0.1, 0.15) is 19.3 Å². The first kappa shape index (κ1) is 15.6. The SMILES string of the molecule is CN(CC1(N(C)C)CCC1)C(=O)N1CCS(=O)(=O)CC1. The Morgan fingerprint density at radius 1 is 1.15 bits per heavy atom. The zero-order valence-corrected chi connectivity index (χ0v) is 13.4. The van der Waals surface area contributed by atoms with Crippen molar-refractivity contribution in [2.45, 2.75) is 24.8 Å². The number of sulfone groups is 1. The lowest BCUT2D eigenvalue weighted by Crippen LogP contribution is -2.59. The van der Waals surface area contributed by atoms with Crippen LogP contribution in [0.3, 0.4) is 0 Å². The summed E-state index contributed by atoms with van der Waals surface area (Å²) in [6, 6.07) is -0.0481. The highest BCUT2D eigenvalue weighted by Crippen LogP contribution is 2.36. The molecule has 0 unspecified atom stereocenters. The highest BCUT2D eigenvalue weighted by atomic mass is 32.2. The van der Waals surface area contributed by atoms with Crippen molar-refractivity contribution in [1.82, 2.24) is 14.7 Å². The molecule has 7 heteroatoms. The van der Waals surface area contributed by atoms with E-state index in [1.54, 1.807) is 9.80 Å². The van der Waals surface area contributed by atoms with Crippen LogP contribution in [0.4, 0.5) is 4.79 Å². The van der Waals surface area contributed by atoms with E-state index in [0.29, 0.717) is 19.6 Å². The van der Waals surface area contributed by atoms with Crippen LogP contribution in [-0.4, -0.2) is 87.0 Å². The van der Waals surface area contributed by atoms with Gasteiger partial charge in [0.05, 0.1) is 11.5 Å². The van der Waals surface area contributed by atoms with E-state index in [1.807, 2.05) is 7.05 Å². The summed E-state index contributed by atoms with van der Waals surface area (Å²) in [7, 11) is 3.00. The van der Waals surface area contributed by atoms with Crippen molar-refractivity contribution < 1.29 is 13.2 Å². The Kier molecular flexibility index (Phi) is 4.30. The molecule has 0 radical (unpaired) electrons. The third-order valence-corrected chi connectivity index (χ3v) is 6.32. The van der Waals surface area contributed by atoms with Gasteiger partial charge in [-0.3, -0.25) is 0 Å². The number of amides is 2. The predicted molar refractivity (Wildman–Crippen MR) is 78.5 cm³/mol. The summed E-state index contributed by atoms with van der Waals surface area (Å²) in [6.07, 6.45) is 3.44. The fraction of sp³-hybridized carbons (Fsp3) is 0.923. The summed E-state index contributed by atoms with van der Waals surface area (Å²) in [6.45, 7) is 1.35. The standard InChI is InChI=1S/C13H25N3O3S/c1-14(2)13(5-4-6-13)11-15(3)12(17)16-7-9-20(18,19)10-8-16/h4-11H2,1-3H3. The number of urea groups is 1. The molecule has 0 atom stereocenters. The molecule has 0 aromatic rings. The summed E-state index contributed by atoms with van der Waals surface area (Å²) >= 11 is 0. The summed E-state index contributed by atoms with van der Waals surface area (Å²) < 4.78 is 22.8. The van der Waals surface area contributed by atoms with Crippen molar-refractivity contribution >= 4 is 15.9 Å². The second-order valence-electron chi connectivity index (χ2n) is 6.25. The molecule has 1 heterocycles. The van der Waals surface area contributed by atoms with E-state index >= 15 is 0 Å². The van der Waals surface area contributed by atoms with Gasteiger partial charge in [-0.15, -0.1) is 0 Å². The molecule has 1 saturated heterocycles. The lowest BCUT2D eigenvalue weighted by Gasteiger charge is -2.49. The molecule has 0 bridgehead atoms. The first-order valence-corrected chi connectivity index (χ1v) is 8.96. The summed E-state index contributed by atoms with van der Waals surface area (Å²) in [4.78, 5) is 18.0. The molecule has 2 aliphatic rings. The molecule has 2 rings (SSSR count). The van der Waals surface area contributed by atoms with Crippen molar-refractivity contribution in [1.29, 1.82) is 0 Å². The molecular weight excluding hydrogens is 278 g/mol. The fourth-order valence-corrected chi connectivity index (χ4v) is 4.19. The van der Waals surface area contributed by atoms with Crippen LogP contribution >= 0.6 is 0 Å². The third-order valence-electron chi connectivity index (χ3n) is 4.71.